The molecule has 2 rings (SSSR count). The molecule has 1 aliphatic rings. The van der Waals surface area contributed by atoms with Crippen LogP contribution in [0.4, 0.5) is 5.69 Å². The van der Waals surface area contributed by atoms with Crippen LogP contribution in [0.25, 0.3) is 0 Å². The maximum Gasteiger partial charge on any atom is 0.324 e. The number of hydrogen-bond acceptors (Lipinski definition) is 4. The third-order valence-corrected chi connectivity index (χ3v) is 5.25. The predicted octanol–water partition coefficient (Wildman–Crippen LogP) is 1.01. The predicted molar refractivity (Wildman–Crippen MR) is 77.4 cm³/mol. The van der Waals surface area contributed by atoms with Crippen molar-refractivity contribution in [1.29, 1.82) is 0 Å². The minimum atomic E-state index is -3.88. The summed E-state index contributed by atoms with van der Waals surface area (Å²) >= 11 is 0. The Morgan fingerprint density at radius 3 is 2.24 bits per heavy atom. The quantitative estimate of drug-likeness (QED) is 0.845. The van der Waals surface area contributed by atoms with Gasteiger partial charge in [0.05, 0.1) is 5.69 Å². The van der Waals surface area contributed by atoms with E-state index >= 15 is 0 Å². The number of carboxylic acid groups (broad SMARTS) is 1. The van der Waals surface area contributed by atoms with Crippen LogP contribution >= 0.6 is 0 Å². The molecule has 1 fully saturated rings. The molecular formula is C13H18N2O5S. The number of phenolic OH excluding ortho intramolecular Hbond substituents is 1. The smallest absolute Gasteiger partial charge is 0.324 e. The van der Waals surface area contributed by atoms with Crippen molar-refractivity contribution in [3.05, 3.63) is 24.3 Å². The lowest BCUT2D eigenvalue weighted by Crippen LogP contribution is -2.47. The molecule has 0 amide bonds. The number of piperidine rings is 1. The van der Waals surface area contributed by atoms with Crippen LogP contribution in [0.15, 0.2) is 24.3 Å². The number of anilines is 1. The molecule has 1 aromatic carbocycles. The summed E-state index contributed by atoms with van der Waals surface area (Å²) in [6, 6.07) is 5.44. The number of aliphatic carboxylic acids is 1. The van der Waals surface area contributed by atoms with Crippen LogP contribution in [0.3, 0.4) is 0 Å². The minimum Gasteiger partial charge on any atom is -0.508 e. The molecule has 0 saturated carbocycles. The van der Waals surface area contributed by atoms with Gasteiger partial charge in [-0.15, -0.1) is 0 Å². The zero-order valence-corrected chi connectivity index (χ0v) is 12.3. The highest BCUT2D eigenvalue weighted by Crippen LogP contribution is 2.24. The lowest BCUT2D eigenvalue weighted by Gasteiger charge is -2.32. The van der Waals surface area contributed by atoms with Crippen LogP contribution in [0.2, 0.25) is 0 Å². The molecule has 7 nitrogen and oxygen atoms in total. The average Bonchev–Trinajstić information content (AvgIpc) is 2.46. The van der Waals surface area contributed by atoms with Crippen molar-refractivity contribution < 1.29 is 23.4 Å². The van der Waals surface area contributed by atoms with Crippen molar-refractivity contribution >= 4 is 21.9 Å². The summed E-state index contributed by atoms with van der Waals surface area (Å²) in [4.78, 5) is 11.0. The molecule has 1 heterocycles. The van der Waals surface area contributed by atoms with Crippen molar-refractivity contribution in [3.8, 4) is 5.75 Å². The molecule has 0 bridgehead atoms. The van der Waals surface area contributed by atoms with Crippen LogP contribution in [0.5, 0.6) is 5.75 Å². The number of hydrogen-bond donors (Lipinski definition) is 2. The molecule has 0 unspecified atom stereocenters. The van der Waals surface area contributed by atoms with Crippen LogP contribution < -0.4 is 4.31 Å². The summed E-state index contributed by atoms with van der Waals surface area (Å²) in [5.41, 5.74) is 0.223. The molecule has 1 saturated heterocycles. The lowest BCUT2D eigenvalue weighted by atomic mass is 10.2. The summed E-state index contributed by atoms with van der Waals surface area (Å²) in [6.45, 7) is 0.149. The van der Waals surface area contributed by atoms with E-state index in [2.05, 4.69) is 0 Å². The molecule has 0 atom stereocenters. The van der Waals surface area contributed by atoms with E-state index in [0.717, 1.165) is 23.6 Å². The van der Waals surface area contributed by atoms with Crippen molar-refractivity contribution in [2.45, 2.75) is 19.3 Å². The number of rotatable bonds is 5. The van der Waals surface area contributed by atoms with Crippen LogP contribution in [-0.4, -0.2) is 48.5 Å². The van der Waals surface area contributed by atoms with Crippen molar-refractivity contribution in [2.75, 3.05) is 23.9 Å². The van der Waals surface area contributed by atoms with E-state index in [1.807, 2.05) is 0 Å². The SMILES string of the molecule is O=C(O)CN(c1ccc(O)cc1)S(=O)(=O)N1CCCCC1. The van der Waals surface area contributed by atoms with Gasteiger partial charge in [-0.2, -0.15) is 12.7 Å². The Morgan fingerprint density at radius 2 is 1.71 bits per heavy atom. The standard InChI is InChI=1S/C13H18N2O5S/c16-12-6-4-11(5-7-12)15(10-13(17)18)21(19,20)14-8-2-1-3-9-14/h4-7,16H,1-3,8-10H2,(H,17,18). The van der Waals surface area contributed by atoms with E-state index < -0.39 is 22.7 Å². The maximum atomic E-state index is 12.6. The second kappa shape index (κ2) is 6.31. The summed E-state index contributed by atoms with van der Waals surface area (Å²) in [7, 11) is -3.88. The lowest BCUT2D eigenvalue weighted by molar-refractivity contribution is -0.135. The Hall–Kier alpha value is -1.80. The number of phenols is 1. The van der Waals surface area contributed by atoms with Crippen LogP contribution in [0, 0.1) is 0 Å². The molecule has 116 valence electrons. The van der Waals surface area contributed by atoms with Gasteiger partial charge in [0, 0.05) is 13.1 Å². The van der Waals surface area contributed by atoms with Crippen LogP contribution in [0.1, 0.15) is 19.3 Å². The summed E-state index contributed by atoms with van der Waals surface area (Å²) in [5, 5.41) is 18.3. The Labute approximate surface area is 123 Å². The largest absolute Gasteiger partial charge is 0.508 e. The normalized spacial score (nSPS) is 16.6. The minimum absolute atomic E-state index is 0.00982. The first-order valence-electron chi connectivity index (χ1n) is 6.70. The van der Waals surface area contributed by atoms with E-state index in [-0.39, 0.29) is 11.4 Å². The summed E-state index contributed by atoms with van der Waals surface area (Å²) < 4.78 is 27.4. The first-order valence-corrected chi connectivity index (χ1v) is 8.09. The van der Waals surface area contributed by atoms with Gasteiger partial charge in [0.1, 0.15) is 12.3 Å². The van der Waals surface area contributed by atoms with E-state index in [0.29, 0.717) is 13.1 Å². The number of carbonyl (C=O) groups is 1. The third-order valence-electron chi connectivity index (χ3n) is 3.34. The topological polar surface area (TPSA) is 98.1 Å². The van der Waals surface area contributed by atoms with Gasteiger partial charge in [-0.05, 0) is 37.1 Å². The fourth-order valence-electron chi connectivity index (χ4n) is 2.28. The molecule has 2 N–H and O–H groups in total. The van der Waals surface area contributed by atoms with E-state index in [4.69, 9.17) is 5.11 Å². The molecule has 0 spiro atoms. The second-order valence-electron chi connectivity index (χ2n) is 4.88. The van der Waals surface area contributed by atoms with Gasteiger partial charge in [-0.3, -0.25) is 4.79 Å². The molecule has 21 heavy (non-hydrogen) atoms. The van der Waals surface area contributed by atoms with E-state index in [1.165, 1.54) is 28.6 Å². The molecular weight excluding hydrogens is 296 g/mol. The van der Waals surface area contributed by atoms with Gasteiger partial charge in [-0.1, -0.05) is 6.42 Å². The fraction of sp³-hybridized carbons (Fsp3) is 0.462. The van der Waals surface area contributed by atoms with Gasteiger partial charge < -0.3 is 10.2 Å². The van der Waals surface area contributed by atoms with Gasteiger partial charge in [0.15, 0.2) is 0 Å². The third kappa shape index (κ3) is 3.64. The first kappa shape index (κ1) is 15.6. The molecule has 1 aromatic rings. The van der Waals surface area contributed by atoms with Crippen molar-refractivity contribution in [1.82, 2.24) is 4.31 Å². The van der Waals surface area contributed by atoms with Crippen molar-refractivity contribution in [2.24, 2.45) is 0 Å². The Morgan fingerprint density at radius 1 is 1.14 bits per heavy atom. The Balaban J connectivity index is 2.34. The average molecular weight is 314 g/mol. The van der Waals surface area contributed by atoms with Crippen LogP contribution in [-0.2, 0) is 15.0 Å². The first-order chi connectivity index (χ1) is 9.91. The summed E-state index contributed by atoms with van der Waals surface area (Å²) in [6.07, 6.45) is 2.52. The molecule has 0 aliphatic carbocycles. The van der Waals surface area contributed by atoms with Gasteiger partial charge in [-0.25, -0.2) is 4.31 Å². The second-order valence-corrected chi connectivity index (χ2v) is 6.74. The molecule has 1 aliphatic heterocycles. The molecule has 8 heteroatoms. The van der Waals surface area contributed by atoms with Crippen molar-refractivity contribution in [3.63, 3.8) is 0 Å². The fourth-order valence-corrected chi connectivity index (χ4v) is 3.94. The maximum absolute atomic E-state index is 12.6. The Bertz CT molecular complexity index is 593. The Kier molecular flexibility index (Phi) is 4.69. The number of nitrogens with zero attached hydrogens (tertiary/aromatic N) is 2. The highest BCUT2D eigenvalue weighted by Gasteiger charge is 2.32. The summed E-state index contributed by atoms with van der Waals surface area (Å²) in [5.74, 6) is -1.24. The van der Waals surface area contributed by atoms with Gasteiger partial charge in [0.25, 0.3) is 0 Å². The molecule has 0 radical (unpaired) electrons. The van der Waals surface area contributed by atoms with Gasteiger partial charge in [0.2, 0.25) is 0 Å². The highest BCUT2D eigenvalue weighted by molar-refractivity contribution is 7.90. The number of benzene rings is 1. The van der Waals surface area contributed by atoms with E-state index in [9.17, 15) is 18.3 Å². The highest BCUT2D eigenvalue weighted by atomic mass is 32.2. The number of aromatic hydroxyl groups is 1. The monoisotopic (exact) mass is 314 g/mol. The van der Waals surface area contributed by atoms with Gasteiger partial charge >= 0.3 is 16.2 Å². The zero-order chi connectivity index (χ0) is 15.5. The zero-order valence-electron chi connectivity index (χ0n) is 11.5. The molecule has 0 aromatic heterocycles. The van der Waals surface area contributed by atoms with E-state index in [1.54, 1.807) is 0 Å². The number of carboxylic acids is 1.